The predicted molar refractivity (Wildman–Crippen MR) is 125 cm³/mol. The van der Waals surface area contributed by atoms with Crippen molar-refractivity contribution in [2.24, 2.45) is 5.92 Å². The van der Waals surface area contributed by atoms with Crippen molar-refractivity contribution >= 4 is 40.6 Å². The number of hydrogen-bond acceptors (Lipinski definition) is 7. The average molecular weight is 469 g/mol. The summed E-state index contributed by atoms with van der Waals surface area (Å²) in [7, 11) is 0. The summed E-state index contributed by atoms with van der Waals surface area (Å²) in [4.78, 5) is 27.3. The number of para-hydroxylation sites is 1. The Hall–Kier alpha value is -2.65. The lowest BCUT2D eigenvalue weighted by Crippen LogP contribution is -2.27. The highest BCUT2D eigenvalue weighted by molar-refractivity contribution is 7.99. The number of thiophene rings is 1. The minimum absolute atomic E-state index is 0.110. The van der Waals surface area contributed by atoms with Gasteiger partial charge in [0.25, 0.3) is 17.0 Å². The second kappa shape index (κ2) is 9.07. The number of amides is 2. The first-order valence-electron chi connectivity index (χ1n) is 10.8. The van der Waals surface area contributed by atoms with Crippen LogP contribution in [0.3, 0.4) is 0 Å². The zero-order valence-corrected chi connectivity index (χ0v) is 19.4. The quantitative estimate of drug-likeness (QED) is 0.494. The molecule has 1 atom stereocenters. The molecule has 2 heterocycles. The summed E-state index contributed by atoms with van der Waals surface area (Å²) in [5, 5.41) is 14.4. The van der Waals surface area contributed by atoms with Crippen molar-refractivity contribution in [1.82, 2.24) is 15.5 Å². The van der Waals surface area contributed by atoms with Crippen molar-refractivity contribution in [2.45, 2.75) is 50.3 Å². The van der Waals surface area contributed by atoms with Crippen molar-refractivity contribution in [3.8, 4) is 10.8 Å². The predicted octanol–water partition coefficient (Wildman–Crippen LogP) is 4.55. The Morgan fingerprint density at radius 3 is 2.91 bits per heavy atom. The Morgan fingerprint density at radius 2 is 2.06 bits per heavy atom. The molecule has 166 valence electrons. The number of carbonyl (C=O) groups excluding carboxylic acids is 2. The lowest BCUT2D eigenvalue weighted by molar-refractivity contribution is -0.113. The van der Waals surface area contributed by atoms with Crippen LogP contribution in [0.25, 0.3) is 10.8 Å². The summed E-state index contributed by atoms with van der Waals surface area (Å²) in [6.07, 6.45) is 5.45. The van der Waals surface area contributed by atoms with Crippen LogP contribution in [0.4, 0.5) is 5.69 Å². The van der Waals surface area contributed by atoms with Crippen LogP contribution < -0.4 is 10.6 Å². The number of aryl methyl sites for hydroxylation is 1. The zero-order chi connectivity index (χ0) is 22.1. The van der Waals surface area contributed by atoms with Crippen molar-refractivity contribution in [3.63, 3.8) is 0 Å². The van der Waals surface area contributed by atoms with Crippen LogP contribution in [0, 0.1) is 5.92 Å². The third-order valence-electron chi connectivity index (χ3n) is 5.63. The molecule has 0 radical (unpaired) electrons. The van der Waals surface area contributed by atoms with E-state index in [0.717, 1.165) is 30.6 Å². The Balaban J connectivity index is 1.19. The fourth-order valence-corrected chi connectivity index (χ4v) is 5.47. The fourth-order valence-electron chi connectivity index (χ4n) is 3.77. The summed E-state index contributed by atoms with van der Waals surface area (Å²) < 4.78 is 5.79. The lowest BCUT2D eigenvalue weighted by atomic mass is 9.90. The molecular formula is C23H24N4O3S2. The number of anilines is 1. The van der Waals surface area contributed by atoms with Crippen LogP contribution in [0.1, 0.15) is 47.0 Å². The number of fused-ring (bicyclic) bond motifs is 1. The molecule has 0 aliphatic heterocycles. The van der Waals surface area contributed by atoms with Gasteiger partial charge in [0, 0.05) is 10.9 Å². The molecule has 7 nitrogen and oxygen atoms in total. The van der Waals surface area contributed by atoms with E-state index < -0.39 is 0 Å². The normalized spacial score (nSPS) is 17.6. The number of carbonyl (C=O) groups is 2. The van der Waals surface area contributed by atoms with E-state index in [-0.39, 0.29) is 23.6 Å². The van der Waals surface area contributed by atoms with Gasteiger partial charge >= 0.3 is 0 Å². The molecule has 2 amide bonds. The molecule has 2 aliphatic carbocycles. The molecule has 0 saturated heterocycles. The van der Waals surface area contributed by atoms with E-state index >= 15 is 0 Å². The third kappa shape index (κ3) is 4.88. The first-order valence-corrected chi connectivity index (χ1v) is 12.6. The van der Waals surface area contributed by atoms with Gasteiger partial charge in [0.2, 0.25) is 5.91 Å². The van der Waals surface area contributed by atoms with Crippen LogP contribution in [0.5, 0.6) is 0 Å². The van der Waals surface area contributed by atoms with Crippen LogP contribution >= 0.6 is 23.1 Å². The van der Waals surface area contributed by atoms with Gasteiger partial charge in [-0.1, -0.05) is 30.8 Å². The summed E-state index contributed by atoms with van der Waals surface area (Å²) in [6, 6.07) is 9.44. The minimum Gasteiger partial charge on any atom is -0.410 e. The van der Waals surface area contributed by atoms with Crippen molar-refractivity contribution in [1.29, 1.82) is 0 Å². The highest BCUT2D eigenvalue weighted by atomic mass is 32.2. The smallest absolute Gasteiger partial charge is 0.277 e. The molecular weight excluding hydrogens is 444 g/mol. The molecule has 2 aromatic heterocycles. The number of aromatic nitrogens is 2. The maximum absolute atomic E-state index is 12.5. The molecule has 1 aromatic carbocycles. The van der Waals surface area contributed by atoms with Gasteiger partial charge in [0.05, 0.1) is 21.9 Å². The molecule has 9 heteroatoms. The Kier molecular flexibility index (Phi) is 6.01. The highest BCUT2D eigenvalue weighted by Crippen LogP contribution is 2.37. The van der Waals surface area contributed by atoms with Gasteiger partial charge in [-0.3, -0.25) is 9.59 Å². The van der Waals surface area contributed by atoms with E-state index in [9.17, 15) is 9.59 Å². The number of benzene rings is 1. The Morgan fingerprint density at radius 1 is 1.22 bits per heavy atom. The molecule has 1 saturated carbocycles. The lowest BCUT2D eigenvalue weighted by Gasteiger charge is -2.16. The topological polar surface area (TPSA) is 97.1 Å². The van der Waals surface area contributed by atoms with E-state index in [0.29, 0.717) is 28.3 Å². The fraction of sp³-hybridized carbons (Fsp3) is 0.391. The number of nitrogens with zero attached hydrogens (tertiary/aromatic N) is 2. The monoisotopic (exact) mass is 468 g/mol. The standard InChI is InChI=1S/C23H24N4O3S2/c1-13-6-9-18-14(10-13)11-19(32-18)22-26-27-23(30-22)31-12-20(28)25-17-5-3-2-4-16(17)21(29)24-15-7-8-15/h2-5,11,13,15H,6-10,12H2,1H3,(H,24,29)(H,25,28). The first-order chi connectivity index (χ1) is 15.5. The first kappa shape index (κ1) is 21.2. The minimum atomic E-state index is -0.234. The van der Waals surface area contributed by atoms with Gasteiger partial charge in [-0.05, 0) is 61.8 Å². The van der Waals surface area contributed by atoms with Gasteiger partial charge < -0.3 is 15.1 Å². The molecule has 0 spiro atoms. The summed E-state index contributed by atoms with van der Waals surface area (Å²) in [5.74, 6) is 0.926. The van der Waals surface area contributed by atoms with Crippen molar-refractivity contribution in [3.05, 3.63) is 46.3 Å². The van der Waals surface area contributed by atoms with Gasteiger partial charge in [0.1, 0.15) is 0 Å². The molecule has 1 fully saturated rings. The van der Waals surface area contributed by atoms with E-state index in [4.69, 9.17) is 4.42 Å². The molecule has 5 rings (SSSR count). The average Bonchev–Trinajstić information content (AvgIpc) is 3.30. The molecule has 1 unspecified atom stereocenters. The van der Waals surface area contributed by atoms with Crippen LogP contribution in [0.15, 0.2) is 40.0 Å². The van der Waals surface area contributed by atoms with E-state index in [1.54, 1.807) is 35.6 Å². The van der Waals surface area contributed by atoms with Gasteiger partial charge in [-0.25, -0.2) is 0 Å². The van der Waals surface area contributed by atoms with Crippen molar-refractivity contribution in [2.75, 3.05) is 11.1 Å². The highest BCUT2D eigenvalue weighted by Gasteiger charge is 2.25. The van der Waals surface area contributed by atoms with Crippen LogP contribution in [0.2, 0.25) is 0 Å². The molecule has 32 heavy (non-hydrogen) atoms. The number of thioether (sulfide) groups is 1. The largest absolute Gasteiger partial charge is 0.410 e. The Labute approximate surface area is 194 Å². The maximum Gasteiger partial charge on any atom is 0.277 e. The van der Waals surface area contributed by atoms with E-state index in [1.165, 1.54) is 28.6 Å². The molecule has 2 aliphatic rings. The molecule has 2 N–H and O–H groups in total. The number of hydrogen-bond donors (Lipinski definition) is 2. The summed E-state index contributed by atoms with van der Waals surface area (Å²) in [6.45, 7) is 2.28. The summed E-state index contributed by atoms with van der Waals surface area (Å²) >= 11 is 2.91. The second-order valence-corrected chi connectivity index (χ2v) is 10.5. The van der Waals surface area contributed by atoms with E-state index in [1.807, 2.05) is 0 Å². The second-order valence-electron chi connectivity index (χ2n) is 8.41. The molecule has 0 bridgehead atoms. The van der Waals surface area contributed by atoms with Gasteiger partial charge in [-0.2, -0.15) is 0 Å². The summed E-state index contributed by atoms with van der Waals surface area (Å²) in [5.41, 5.74) is 2.36. The SMILES string of the molecule is CC1CCc2sc(-c3nnc(SCC(=O)Nc4ccccc4C(=O)NC4CC4)o3)cc2C1. The zero-order valence-electron chi connectivity index (χ0n) is 17.7. The molecule has 3 aromatic rings. The Bertz CT molecular complexity index is 1150. The van der Waals surface area contributed by atoms with Gasteiger partial charge in [-0.15, -0.1) is 21.5 Å². The van der Waals surface area contributed by atoms with Crippen molar-refractivity contribution < 1.29 is 14.0 Å². The van der Waals surface area contributed by atoms with Gasteiger partial charge in [0.15, 0.2) is 0 Å². The maximum atomic E-state index is 12.5. The van der Waals surface area contributed by atoms with Crippen LogP contribution in [-0.4, -0.2) is 33.8 Å². The number of nitrogens with one attached hydrogen (secondary N) is 2. The number of rotatable bonds is 7. The van der Waals surface area contributed by atoms with Crippen LogP contribution in [-0.2, 0) is 17.6 Å². The van der Waals surface area contributed by atoms with E-state index in [2.05, 4.69) is 33.8 Å². The third-order valence-corrected chi connectivity index (χ3v) is 7.68.